The number of hydrogen-bond donors (Lipinski definition) is 1. The summed E-state index contributed by atoms with van der Waals surface area (Å²) >= 11 is 5.91. The number of urea groups is 1. The summed E-state index contributed by atoms with van der Waals surface area (Å²) in [4.78, 5) is 14.1. The molecule has 0 spiro atoms. The van der Waals surface area contributed by atoms with Crippen molar-refractivity contribution in [2.45, 2.75) is 13.0 Å². The molecule has 128 valence electrons. The van der Waals surface area contributed by atoms with E-state index in [9.17, 15) is 4.79 Å². The van der Waals surface area contributed by atoms with Gasteiger partial charge in [-0.05, 0) is 36.8 Å². The van der Waals surface area contributed by atoms with E-state index >= 15 is 0 Å². The molecule has 24 heavy (non-hydrogen) atoms. The summed E-state index contributed by atoms with van der Waals surface area (Å²) in [6.07, 6.45) is 0. The lowest BCUT2D eigenvalue weighted by atomic mass is 10.1. The summed E-state index contributed by atoms with van der Waals surface area (Å²) in [5.74, 6) is 1.20. The van der Waals surface area contributed by atoms with Crippen LogP contribution < -0.4 is 14.8 Å². The molecule has 0 aliphatic heterocycles. The largest absolute Gasteiger partial charge is 0.497 e. The second kappa shape index (κ2) is 7.93. The number of carbonyl (C=O) groups excluding carboxylic acids is 1. The quantitative estimate of drug-likeness (QED) is 0.860. The van der Waals surface area contributed by atoms with Gasteiger partial charge in [-0.3, -0.25) is 0 Å². The van der Waals surface area contributed by atoms with E-state index in [1.54, 1.807) is 44.4 Å². The Bertz CT molecular complexity index is 704. The van der Waals surface area contributed by atoms with Crippen LogP contribution in [0.4, 0.5) is 10.5 Å². The monoisotopic (exact) mass is 348 g/mol. The normalized spacial score (nSPS) is 11.5. The molecular formula is C18H21ClN2O3. The van der Waals surface area contributed by atoms with E-state index in [-0.39, 0.29) is 12.1 Å². The summed E-state index contributed by atoms with van der Waals surface area (Å²) in [5, 5.41) is 3.52. The van der Waals surface area contributed by atoms with Gasteiger partial charge in [0.1, 0.15) is 11.5 Å². The minimum Gasteiger partial charge on any atom is -0.497 e. The van der Waals surface area contributed by atoms with Gasteiger partial charge in [-0.25, -0.2) is 4.79 Å². The van der Waals surface area contributed by atoms with Crippen molar-refractivity contribution in [1.29, 1.82) is 0 Å². The first-order valence-electron chi connectivity index (χ1n) is 7.47. The van der Waals surface area contributed by atoms with Crippen molar-refractivity contribution in [2.24, 2.45) is 0 Å². The Labute approximate surface area is 147 Å². The number of rotatable bonds is 5. The molecule has 1 N–H and O–H groups in total. The van der Waals surface area contributed by atoms with Gasteiger partial charge in [0.05, 0.1) is 25.9 Å². The second-order valence-corrected chi connectivity index (χ2v) is 5.77. The number of halogens is 1. The number of nitrogens with zero attached hydrogens (tertiary/aromatic N) is 1. The van der Waals surface area contributed by atoms with Crippen LogP contribution in [0.1, 0.15) is 18.5 Å². The van der Waals surface area contributed by atoms with Crippen molar-refractivity contribution in [3.05, 3.63) is 53.1 Å². The first-order chi connectivity index (χ1) is 11.5. The molecule has 6 heteroatoms. The molecule has 0 aliphatic carbocycles. The Morgan fingerprint density at radius 3 is 2.38 bits per heavy atom. The number of benzene rings is 2. The van der Waals surface area contributed by atoms with Crippen molar-refractivity contribution < 1.29 is 14.3 Å². The average molecular weight is 349 g/mol. The van der Waals surface area contributed by atoms with Crippen molar-refractivity contribution in [1.82, 2.24) is 4.90 Å². The van der Waals surface area contributed by atoms with E-state index in [4.69, 9.17) is 21.1 Å². The third-order valence-electron chi connectivity index (χ3n) is 3.90. The lowest BCUT2D eigenvalue weighted by Crippen LogP contribution is -2.33. The molecule has 1 atom stereocenters. The van der Waals surface area contributed by atoms with E-state index in [0.717, 1.165) is 5.56 Å². The van der Waals surface area contributed by atoms with Crippen LogP contribution in [0.3, 0.4) is 0 Å². The summed E-state index contributed by atoms with van der Waals surface area (Å²) in [5.41, 5.74) is 1.58. The van der Waals surface area contributed by atoms with Gasteiger partial charge < -0.3 is 19.7 Å². The van der Waals surface area contributed by atoms with E-state index in [1.807, 2.05) is 31.2 Å². The molecule has 0 saturated heterocycles. The first-order valence-corrected chi connectivity index (χ1v) is 7.85. The molecule has 2 aromatic carbocycles. The predicted octanol–water partition coefficient (Wildman–Crippen LogP) is 4.58. The summed E-state index contributed by atoms with van der Waals surface area (Å²) in [7, 11) is 4.86. The maximum Gasteiger partial charge on any atom is 0.322 e. The minimum atomic E-state index is -0.235. The molecule has 0 aromatic heterocycles. The zero-order chi connectivity index (χ0) is 17.7. The standard InChI is InChI=1S/C18H21ClN2O3/c1-12(13-5-7-14(19)8-6-13)21(2)18(22)20-16-10-9-15(23-3)11-17(16)24-4/h5-12H,1-4H3,(H,20,22)/t12-/m0/s1. The lowest BCUT2D eigenvalue weighted by Gasteiger charge is -2.26. The van der Waals surface area contributed by atoms with Gasteiger partial charge >= 0.3 is 6.03 Å². The Balaban J connectivity index is 2.12. The fraction of sp³-hybridized carbons (Fsp3) is 0.278. The highest BCUT2D eigenvalue weighted by atomic mass is 35.5. The predicted molar refractivity (Wildman–Crippen MR) is 96.2 cm³/mol. The third kappa shape index (κ3) is 4.11. The summed E-state index contributed by atoms with van der Waals surface area (Å²) < 4.78 is 10.5. The van der Waals surface area contributed by atoms with Gasteiger partial charge in [-0.2, -0.15) is 0 Å². The van der Waals surface area contributed by atoms with Crippen LogP contribution >= 0.6 is 11.6 Å². The minimum absolute atomic E-state index is 0.105. The second-order valence-electron chi connectivity index (χ2n) is 5.33. The highest BCUT2D eigenvalue weighted by Gasteiger charge is 2.19. The van der Waals surface area contributed by atoms with Crippen LogP contribution in [0.25, 0.3) is 0 Å². The van der Waals surface area contributed by atoms with Crippen molar-refractivity contribution >= 4 is 23.3 Å². The van der Waals surface area contributed by atoms with Crippen molar-refractivity contribution in [3.8, 4) is 11.5 Å². The molecule has 0 aliphatic rings. The summed E-state index contributed by atoms with van der Waals surface area (Å²) in [6, 6.07) is 12.3. The van der Waals surface area contributed by atoms with Crippen LogP contribution in [0.15, 0.2) is 42.5 Å². The fourth-order valence-electron chi connectivity index (χ4n) is 2.25. The van der Waals surface area contributed by atoms with E-state index < -0.39 is 0 Å². The Morgan fingerprint density at radius 2 is 1.79 bits per heavy atom. The highest BCUT2D eigenvalue weighted by Crippen LogP contribution is 2.30. The maximum absolute atomic E-state index is 12.5. The number of nitrogens with one attached hydrogen (secondary N) is 1. The van der Waals surface area contributed by atoms with Gasteiger partial charge in [-0.1, -0.05) is 23.7 Å². The highest BCUT2D eigenvalue weighted by molar-refractivity contribution is 6.30. The SMILES string of the molecule is COc1ccc(NC(=O)N(C)[C@@H](C)c2ccc(Cl)cc2)c(OC)c1. The van der Waals surface area contributed by atoms with Crippen LogP contribution in [0.5, 0.6) is 11.5 Å². The molecule has 5 nitrogen and oxygen atoms in total. The van der Waals surface area contributed by atoms with Gasteiger partial charge in [-0.15, -0.1) is 0 Å². The Hall–Kier alpha value is -2.40. The van der Waals surface area contributed by atoms with Crippen LogP contribution in [0, 0.1) is 0 Å². The van der Waals surface area contributed by atoms with Crippen LogP contribution in [0.2, 0.25) is 5.02 Å². The molecule has 0 unspecified atom stereocenters. The zero-order valence-electron chi connectivity index (χ0n) is 14.2. The number of ether oxygens (including phenoxy) is 2. The molecule has 0 fully saturated rings. The molecule has 2 amide bonds. The smallest absolute Gasteiger partial charge is 0.322 e. The maximum atomic E-state index is 12.5. The molecule has 0 saturated carbocycles. The molecular weight excluding hydrogens is 328 g/mol. The van der Waals surface area contributed by atoms with Crippen molar-refractivity contribution in [2.75, 3.05) is 26.6 Å². The molecule has 2 rings (SSSR count). The third-order valence-corrected chi connectivity index (χ3v) is 4.16. The molecule has 2 aromatic rings. The van der Waals surface area contributed by atoms with Gasteiger partial charge in [0.15, 0.2) is 0 Å². The van der Waals surface area contributed by atoms with Crippen molar-refractivity contribution in [3.63, 3.8) is 0 Å². The number of amides is 2. The van der Waals surface area contributed by atoms with E-state index in [1.165, 1.54) is 0 Å². The van der Waals surface area contributed by atoms with Gasteiger partial charge in [0, 0.05) is 18.1 Å². The molecule has 0 radical (unpaired) electrons. The van der Waals surface area contributed by atoms with E-state index in [0.29, 0.717) is 22.2 Å². The number of methoxy groups -OCH3 is 2. The fourth-order valence-corrected chi connectivity index (χ4v) is 2.37. The first kappa shape index (κ1) is 17.9. The summed E-state index contributed by atoms with van der Waals surface area (Å²) in [6.45, 7) is 1.95. The lowest BCUT2D eigenvalue weighted by molar-refractivity contribution is 0.208. The Kier molecular flexibility index (Phi) is 5.93. The number of anilines is 1. The average Bonchev–Trinajstić information content (AvgIpc) is 2.61. The van der Waals surface area contributed by atoms with Crippen LogP contribution in [-0.2, 0) is 0 Å². The molecule has 0 bridgehead atoms. The number of hydrogen-bond acceptors (Lipinski definition) is 3. The zero-order valence-corrected chi connectivity index (χ0v) is 14.9. The number of carbonyl (C=O) groups is 1. The van der Waals surface area contributed by atoms with E-state index in [2.05, 4.69) is 5.32 Å². The Morgan fingerprint density at radius 1 is 1.12 bits per heavy atom. The van der Waals surface area contributed by atoms with Gasteiger partial charge in [0.25, 0.3) is 0 Å². The van der Waals surface area contributed by atoms with Gasteiger partial charge in [0.2, 0.25) is 0 Å². The molecule has 0 heterocycles. The van der Waals surface area contributed by atoms with Crippen LogP contribution in [-0.4, -0.2) is 32.2 Å². The topological polar surface area (TPSA) is 50.8 Å².